The van der Waals surface area contributed by atoms with Gasteiger partial charge in [0.15, 0.2) is 6.10 Å². The summed E-state index contributed by atoms with van der Waals surface area (Å²) in [6.07, 6.45) is -7.54. The van der Waals surface area contributed by atoms with Crippen LogP contribution in [0.5, 0.6) is 0 Å². The second-order valence-corrected chi connectivity index (χ2v) is 7.82. The van der Waals surface area contributed by atoms with E-state index in [-0.39, 0.29) is 22.8 Å². The van der Waals surface area contributed by atoms with Crippen LogP contribution in [-0.2, 0) is 31.5 Å². The van der Waals surface area contributed by atoms with Crippen molar-refractivity contribution < 1.29 is 45.4 Å². The van der Waals surface area contributed by atoms with Gasteiger partial charge in [0.1, 0.15) is 5.57 Å². The van der Waals surface area contributed by atoms with Gasteiger partial charge in [-0.15, -0.1) is 0 Å². The zero-order chi connectivity index (χ0) is 26.2. The topological polar surface area (TPSA) is 57.1 Å². The van der Waals surface area contributed by atoms with E-state index in [1.807, 2.05) is 0 Å². The third-order valence-electron chi connectivity index (χ3n) is 4.57. The van der Waals surface area contributed by atoms with Crippen LogP contribution in [0.4, 0.5) is 26.3 Å². The molecule has 0 fully saturated rings. The van der Waals surface area contributed by atoms with Gasteiger partial charge in [-0.25, -0.2) is 4.79 Å². The molecule has 0 heterocycles. The highest BCUT2D eigenvalue weighted by Gasteiger charge is 2.38. The molecule has 0 aliphatic carbocycles. The number of benzene rings is 2. The van der Waals surface area contributed by atoms with Gasteiger partial charge in [0.05, 0.1) is 37.8 Å². The molecule has 0 radical (unpaired) electrons. The van der Waals surface area contributed by atoms with E-state index in [9.17, 15) is 31.1 Å². The summed E-state index contributed by atoms with van der Waals surface area (Å²) in [4.78, 5) is 17.8. The number of rotatable bonds is 9. The van der Waals surface area contributed by atoms with Crippen LogP contribution in [0.2, 0.25) is 0 Å². The highest BCUT2D eigenvalue weighted by Crippen LogP contribution is 2.40. The minimum absolute atomic E-state index is 0.0220. The molecule has 2 aromatic carbocycles. The number of hydrogen-bond donors (Lipinski definition) is 0. The molecule has 2 rings (SSSR count). The number of halogens is 6. The standard InChI is InChI=1S/C23H21F6NO4S/c1-32-13-19(21(31)33-2)17-6-4-5-7-18(17)20(34-30-8-9-35-3)14-10-15(22(24,25)26)12-16(11-14)23(27,28)29/h4-8,10-13,20H,9H2,1-3H3. The zero-order valence-corrected chi connectivity index (χ0v) is 19.6. The molecule has 12 heteroatoms. The Kier molecular flexibility index (Phi) is 9.64. The Bertz CT molecular complexity index is 1050. The molecule has 2 aromatic rings. The average molecular weight is 521 g/mol. The smallest absolute Gasteiger partial charge is 0.416 e. The quantitative estimate of drug-likeness (QED) is 0.0963. The summed E-state index contributed by atoms with van der Waals surface area (Å²) >= 11 is 1.36. The van der Waals surface area contributed by atoms with Crippen molar-refractivity contribution in [2.24, 2.45) is 5.16 Å². The highest BCUT2D eigenvalue weighted by molar-refractivity contribution is 7.99. The van der Waals surface area contributed by atoms with E-state index in [1.54, 1.807) is 6.26 Å². The number of nitrogens with zero attached hydrogens (tertiary/aromatic N) is 1. The van der Waals surface area contributed by atoms with E-state index in [1.165, 1.54) is 49.4 Å². The molecule has 0 aliphatic rings. The lowest BCUT2D eigenvalue weighted by molar-refractivity contribution is -0.143. The van der Waals surface area contributed by atoms with Crippen molar-refractivity contribution in [3.63, 3.8) is 0 Å². The molecule has 0 saturated carbocycles. The summed E-state index contributed by atoms with van der Waals surface area (Å²) in [6, 6.07) is 6.96. The summed E-state index contributed by atoms with van der Waals surface area (Å²) in [5.74, 6) is -0.467. The second kappa shape index (κ2) is 12.0. The minimum atomic E-state index is -5.06. The Labute approximate surface area is 201 Å². The van der Waals surface area contributed by atoms with Gasteiger partial charge in [-0.3, -0.25) is 0 Å². The highest BCUT2D eigenvalue weighted by atomic mass is 32.2. The first-order chi connectivity index (χ1) is 16.4. The van der Waals surface area contributed by atoms with Crippen molar-refractivity contribution in [1.82, 2.24) is 0 Å². The Morgan fingerprint density at radius 1 is 1.03 bits per heavy atom. The maximum atomic E-state index is 13.5. The van der Waals surface area contributed by atoms with Gasteiger partial charge < -0.3 is 14.3 Å². The van der Waals surface area contributed by atoms with Crippen molar-refractivity contribution in [1.29, 1.82) is 0 Å². The van der Waals surface area contributed by atoms with Crippen LogP contribution < -0.4 is 0 Å². The molecule has 0 aliphatic heterocycles. The van der Waals surface area contributed by atoms with E-state index in [0.717, 1.165) is 13.4 Å². The van der Waals surface area contributed by atoms with E-state index >= 15 is 0 Å². The maximum absolute atomic E-state index is 13.5. The van der Waals surface area contributed by atoms with Crippen LogP contribution >= 0.6 is 11.8 Å². The minimum Gasteiger partial charge on any atom is -0.503 e. The molecule has 0 aromatic heterocycles. The van der Waals surface area contributed by atoms with Crippen LogP contribution in [-0.4, -0.2) is 38.4 Å². The molecule has 1 unspecified atom stereocenters. The van der Waals surface area contributed by atoms with Crippen LogP contribution in [0.1, 0.15) is 33.9 Å². The van der Waals surface area contributed by atoms with Gasteiger partial charge in [0.2, 0.25) is 0 Å². The number of methoxy groups -OCH3 is 2. The van der Waals surface area contributed by atoms with Crippen LogP contribution in [0.25, 0.3) is 5.57 Å². The largest absolute Gasteiger partial charge is 0.503 e. The predicted octanol–water partition coefficient (Wildman–Crippen LogP) is 6.34. The molecule has 190 valence electrons. The van der Waals surface area contributed by atoms with E-state index < -0.39 is 41.1 Å². The number of carbonyl (C=O) groups is 1. The van der Waals surface area contributed by atoms with E-state index in [2.05, 4.69) is 5.16 Å². The average Bonchev–Trinajstić information content (AvgIpc) is 2.81. The SMILES string of the molecule is COC=C(C(=O)OC)c1ccccc1C(ON=CCSC)c1cc(C(F)(F)F)cc(C(F)(F)F)c1. The summed E-state index contributed by atoms with van der Waals surface area (Å²) < 4.78 is 90.6. The van der Waals surface area contributed by atoms with Gasteiger partial charge >= 0.3 is 18.3 Å². The predicted molar refractivity (Wildman–Crippen MR) is 120 cm³/mol. The molecule has 0 bridgehead atoms. The maximum Gasteiger partial charge on any atom is 0.416 e. The lowest BCUT2D eigenvalue weighted by atomic mass is 9.91. The fraction of sp³-hybridized carbons (Fsp3) is 0.304. The lowest BCUT2D eigenvalue weighted by Crippen LogP contribution is -2.15. The second-order valence-electron chi connectivity index (χ2n) is 6.91. The van der Waals surface area contributed by atoms with Gasteiger partial charge in [0.25, 0.3) is 0 Å². The van der Waals surface area contributed by atoms with E-state index in [4.69, 9.17) is 14.3 Å². The fourth-order valence-corrected chi connectivity index (χ4v) is 3.27. The number of esters is 1. The third kappa shape index (κ3) is 7.41. The Morgan fingerprint density at radius 2 is 1.63 bits per heavy atom. The number of carbonyl (C=O) groups excluding carboxylic acids is 1. The first kappa shape index (κ1) is 28.1. The van der Waals surface area contributed by atoms with Gasteiger partial charge in [-0.05, 0) is 30.0 Å². The van der Waals surface area contributed by atoms with Crippen molar-refractivity contribution >= 4 is 29.5 Å². The van der Waals surface area contributed by atoms with Crippen molar-refractivity contribution in [3.05, 3.63) is 76.5 Å². The number of oxime groups is 1. The third-order valence-corrected chi connectivity index (χ3v) is 5.05. The summed E-state index contributed by atoms with van der Waals surface area (Å²) in [6.45, 7) is 0. The monoisotopic (exact) mass is 521 g/mol. The molecule has 35 heavy (non-hydrogen) atoms. The van der Waals surface area contributed by atoms with Crippen molar-refractivity contribution in [2.75, 3.05) is 26.2 Å². The number of ether oxygens (including phenoxy) is 2. The number of hydrogen-bond acceptors (Lipinski definition) is 6. The van der Waals surface area contributed by atoms with Crippen LogP contribution in [0, 0.1) is 0 Å². The number of alkyl halides is 6. The molecule has 1 atom stereocenters. The summed E-state index contributed by atoms with van der Waals surface area (Å²) in [5, 5.41) is 3.73. The van der Waals surface area contributed by atoms with Crippen LogP contribution in [0.15, 0.2) is 53.9 Å². The van der Waals surface area contributed by atoms with Gasteiger partial charge in [-0.2, -0.15) is 38.1 Å². The Hall–Kier alpha value is -3.15. The van der Waals surface area contributed by atoms with Gasteiger partial charge in [0, 0.05) is 16.9 Å². The molecule has 0 N–H and O–H groups in total. The fourth-order valence-electron chi connectivity index (χ4n) is 3.06. The molecule has 5 nitrogen and oxygen atoms in total. The molecular formula is C23H21F6NO4S. The zero-order valence-electron chi connectivity index (χ0n) is 18.7. The van der Waals surface area contributed by atoms with Gasteiger partial charge in [-0.1, -0.05) is 29.4 Å². The van der Waals surface area contributed by atoms with Crippen molar-refractivity contribution in [3.8, 4) is 0 Å². The molecule has 0 amide bonds. The first-order valence-electron chi connectivity index (χ1n) is 9.80. The first-order valence-corrected chi connectivity index (χ1v) is 11.2. The molecular weight excluding hydrogens is 500 g/mol. The Balaban J connectivity index is 2.82. The molecule has 0 saturated heterocycles. The summed E-state index contributed by atoms with van der Waals surface area (Å²) in [5.41, 5.74) is -3.45. The number of thioether (sulfide) groups is 1. The lowest BCUT2D eigenvalue weighted by Gasteiger charge is -2.22. The van der Waals surface area contributed by atoms with Crippen molar-refractivity contribution in [2.45, 2.75) is 18.5 Å². The normalized spacial score (nSPS) is 13.6. The van der Waals surface area contributed by atoms with Crippen LogP contribution in [0.3, 0.4) is 0 Å². The van der Waals surface area contributed by atoms with E-state index in [0.29, 0.717) is 17.9 Å². The molecule has 0 spiro atoms. The summed E-state index contributed by atoms with van der Waals surface area (Å²) in [7, 11) is 2.37. The Morgan fingerprint density at radius 3 is 2.14 bits per heavy atom.